The van der Waals surface area contributed by atoms with Crippen LogP contribution in [-0.4, -0.2) is 52.5 Å². The lowest BCUT2D eigenvalue weighted by Gasteiger charge is -2.16. The predicted molar refractivity (Wildman–Crippen MR) is 89.5 cm³/mol. The molecule has 1 aliphatic carbocycles. The van der Waals surface area contributed by atoms with Crippen LogP contribution in [0.15, 0.2) is 4.99 Å². The number of hydrogen-bond acceptors (Lipinski definition) is 3. The Morgan fingerprint density at radius 1 is 1.21 bits per heavy atom. The van der Waals surface area contributed by atoms with Crippen molar-refractivity contribution in [2.75, 3.05) is 40.5 Å². The van der Waals surface area contributed by atoms with Gasteiger partial charge in [0, 0.05) is 33.4 Å². The summed E-state index contributed by atoms with van der Waals surface area (Å²) in [7, 11) is 3.50. The predicted octanol–water partition coefficient (Wildman–Crippen LogP) is 1.77. The van der Waals surface area contributed by atoms with Crippen molar-refractivity contribution < 1.29 is 9.47 Å². The fourth-order valence-electron chi connectivity index (χ4n) is 2.08. The second-order valence-electron chi connectivity index (χ2n) is 4.58. The second-order valence-corrected chi connectivity index (χ2v) is 4.58. The normalized spacial score (nSPS) is 16.2. The van der Waals surface area contributed by atoms with Crippen LogP contribution in [0.4, 0.5) is 0 Å². The first kappa shape index (κ1) is 18.9. The van der Waals surface area contributed by atoms with Crippen LogP contribution in [0.1, 0.15) is 32.1 Å². The summed E-state index contributed by atoms with van der Waals surface area (Å²) in [6.07, 6.45) is 6.18. The molecule has 0 aromatic heterocycles. The van der Waals surface area contributed by atoms with E-state index >= 15 is 0 Å². The van der Waals surface area contributed by atoms with E-state index in [0.717, 1.165) is 25.5 Å². The van der Waals surface area contributed by atoms with Gasteiger partial charge in [0.25, 0.3) is 0 Å². The smallest absolute Gasteiger partial charge is 0.191 e. The highest BCUT2D eigenvalue weighted by atomic mass is 127. The monoisotopic (exact) mass is 385 g/mol. The number of halogens is 1. The quantitative estimate of drug-likeness (QED) is 0.290. The van der Waals surface area contributed by atoms with Gasteiger partial charge in [-0.3, -0.25) is 4.99 Å². The van der Waals surface area contributed by atoms with Gasteiger partial charge in [-0.1, -0.05) is 12.8 Å². The number of nitrogens with zero attached hydrogens (tertiary/aromatic N) is 1. The number of ether oxygens (including phenoxy) is 2. The molecule has 1 aliphatic rings. The maximum absolute atomic E-state index is 5.40. The van der Waals surface area contributed by atoms with Crippen LogP contribution in [0.25, 0.3) is 0 Å². The van der Waals surface area contributed by atoms with E-state index in [1.54, 1.807) is 7.11 Å². The molecule has 2 N–H and O–H groups in total. The van der Waals surface area contributed by atoms with E-state index in [1.165, 1.54) is 25.7 Å². The number of nitrogens with one attached hydrogen (secondary N) is 2. The highest BCUT2D eigenvalue weighted by Crippen LogP contribution is 2.17. The molecule has 1 saturated carbocycles. The Morgan fingerprint density at radius 2 is 1.95 bits per heavy atom. The summed E-state index contributed by atoms with van der Waals surface area (Å²) in [5.74, 6) is 0.916. The minimum Gasteiger partial charge on any atom is -0.382 e. The molecule has 0 saturated heterocycles. The molecule has 0 aliphatic heterocycles. The van der Waals surface area contributed by atoms with E-state index in [0.29, 0.717) is 19.3 Å². The van der Waals surface area contributed by atoms with Crippen molar-refractivity contribution in [3.63, 3.8) is 0 Å². The number of aliphatic imine (C=N–C) groups is 1. The van der Waals surface area contributed by atoms with Gasteiger partial charge in [0.1, 0.15) is 0 Å². The van der Waals surface area contributed by atoms with E-state index in [9.17, 15) is 0 Å². The highest BCUT2D eigenvalue weighted by Gasteiger charge is 2.15. The number of rotatable bonds is 8. The summed E-state index contributed by atoms with van der Waals surface area (Å²) < 4.78 is 10.3. The molecule has 0 radical (unpaired) electrons. The molecule has 0 atom stereocenters. The summed E-state index contributed by atoms with van der Waals surface area (Å²) in [6, 6.07) is 0.606. The van der Waals surface area contributed by atoms with Crippen molar-refractivity contribution in [3.8, 4) is 0 Å². The molecule has 6 heteroatoms. The molecular weight excluding hydrogens is 357 g/mol. The zero-order valence-electron chi connectivity index (χ0n) is 12.1. The van der Waals surface area contributed by atoms with E-state index < -0.39 is 0 Å². The average Bonchev–Trinajstić information content (AvgIpc) is 2.89. The highest BCUT2D eigenvalue weighted by molar-refractivity contribution is 14.0. The fraction of sp³-hybridized carbons (Fsp3) is 0.923. The molecule has 0 bridgehead atoms. The van der Waals surface area contributed by atoms with Gasteiger partial charge in [-0.2, -0.15) is 0 Å². The van der Waals surface area contributed by atoms with Gasteiger partial charge in [0.2, 0.25) is 0 Å². The van der Waals surface area contributed by atoms with Crippen LogP contribution in [0.2, 0.25) is 0 Å². The van der Waals surface area contributed by atoms with E-state index in [2.05, 4.69) is 15.6 Å². The molecule has 0 heterocycles. The molecule has 1 fully saturated rings. The van der Waals surface area contributed by atoms with E-state index in [-0.39, 0.29) is 24.0 Å². The SMILES string of the molecule is CN=C(NCCCOCCOC)NC1CCCC1.I. The van der Waals surface area contributed by atoms with Gasteiger partial charge in [-0.15, -0.1) is 24.0 Å². The Bertz CT molecular complexity index is 234. The lowest BCUT2D eigenvalue weighted by atomic mass is 10.2. The van der Waals surface area contributed by atoms with Crippen LogP contribution in [0.5, 0.6) is 0 Å². The number of hydrogen-bond donors (Lipinski definition) is 2. The van der Waals surface area contributed by atoms with Crippen LogP contribution in [0.3, 0.4) is 0 Å². The van der Waals surface area contributed by atoms with E-state index in [4.69, 9.17) is 9.47 Å². The molecule has 0 unspecified atom stereocenters. The van der Waals surface area contributed by atoms with Gasteiger partial charge in [0.05, 0.1) is 13.2 Å². The van der Waals surface area contributed by atoms with Crippen molar-refractivity contribution in [3.05, 3.63) is 0 Å². The molecule has 1 rings (SSSR count). The van der Waals surface area contributed by atoms with Crippen LogP contribution in [-0.2, 0) is 9.47 Å². The average molecular weight is 385 g/mol. The fourth-order valence-corrected chi connectivity index (χ4v) is 2.08. The topological polar surface area (TPSA) is 54.9 Å². The molecule has 19 heavy (non-hydrogen) atoms. The molecule has 114 valence electrons. The Hall–Kier alpha value is -0.0800. The van der Waals surface area contributed by atoms with Crippen molar-refractivity contribution in [1.29, 1.82) is 0 Å². The van der Waals surface area contributed by atoms with Gasteiger partial charge < -0.3 is 20.1 Å². The summed E-state index contributed by atoms with van der Waals surface area (Å²) in [5.41, 5.74) is 0. The molecule has 0 amide bonds. The van der Waals surface area contributed by atoms with Gasteiger partial charge in [0.15, 0.2) is 5.96 Å². The van der Waals surface area contributed by atoms with Crippen molar-refractivity contribution in [2.45, 2.75) is 38.1 Å². The van der Waals surface area contributed by atoms with Crippen molar-refractivity contribution in [2.24, 2.45) is 4.99 Å². The molecular formula is C13H28IN3O2. The van der Waals surface area contributed by atoms with Gasteiger partial charge in [-0.25, -0.2) is 0 Å². The maximum atomic E-state index is 5.40. The zero-order chi connectivity index (χ0) is 13.1. The minimum absolute atomic E-state index is 0. The number of methoxy groups -OCH3 is 1. The second kappa shape index (κ2) is 12.9. The van der Waals surface area contributed by atoms with Crippen molar-refractivity contribution >= 4 is 29.9 Å². The first-order valence-corrected chi connectivity index (χ1v) is 6.90. The van der Waals surface area contributed by atoms with Gasteiger partial charge in [-0.05, 0) is 19.3 Å². The number of guanidine groups is 1. The molecule has 0 spiro atoms. The Morgan fingerprint density at radius 3 is 2.58 bits per heavy atom. The molecule has 5 nitrogen and oxygen atoms in total. The third kappa shape index (κ3) is 9.45. The standard InChI is InChI=1S/C13H27N3O2.HI/c1-14-13(16-12-6-3-4-7-12)15-8-5-9-18-11-10-17-2;/h12H,3-11H2,1-2H3,(H2,14,15,16);1H. The van der Waals surface area contributed by atoms with Crippen LogP contribution < -0.4 is 10.6 Å². The summed E-state index contributed by atoms with van der Waals surface area (Å²) in [4.78, 5) is 4.23. The minimum atomic E-state index is 0. The summed E-state index contributed by atoms with van der Waals surface area (Å²) >= 11 is 0. The molecule has 0 aromatic rings. The summed E-state index contributed by atoms with van der Waals surface area (Å²) in [5, 5.41) is 6.77. The Kier molecular flexibility index (Phi) is 12.9. The lowest BCUT2D eigenvalue weighted by molar-refractivity contribution is 0.0698. The van der Waals surface area contributed by atoms with Crippen LogP contribution in [0, 0.1) is 0 Å². The largest absolute Gasteiger partial charge is 0.382 e. The van der Waals surface area contributed by atoms with E-state index in [1.807, 2.05) is 7.05 Å². The maximum Gasteiger partial charge on any atom is 0.191 e. The third-order valence-corrected chi connectivity index (χ3v) is 3.11. The Balaban J connectivity index is 0.00000324. The van der Waals surface area contributed by atoms with Crippen molar-refractivity contribution in [1.82, 2.24) is 10.6 Å². The van der Waals surface area contributed by atoms with Crippen LogP contribution >= 0.6 is 24.0 Å². The summed E-state index contributed by atoms with van der Waals surface area (Å²) in [6.45, 7) is 2.99. The van der Waals surface area contributed by atoms with Gasteiger partial charge >= 0.3 is 0 Å². The molecule has 0 aromatic carbocycles. The first-order chi connectivity index (χ1) is 8.86. The first-order valence-electron chi connectivity index (χ1n) is 6.90. The Labute approximate surface area is 133 Å². The third-order valence-electron chi connectivity index (χ3n) is 3.11. The zero-order valence-corrected chi connectivity index (χ0v) is 14.4. The lowest BCUT2D eigenvalue weighted by Crippen LogP contribution is -2.42.